The molecule has 2 atom stereocenters. The summed E-state index contributed by atoms with van der Waals surface area (Å²) in [5.41, 5.74) is -0.597. The van der Waals surface area contributed by atoms with Crippen molar-refractivity contribution < 1.29 is 23.9 Å². The topological polar surface area (TPSA) is 72.9 Å². The molecule has 0 aliphatic carbocycles. The minimum Gasteiger partial charge on any atom is -0.469 e. The number of hydrogen-bond acceptors (Lipinski definition) is 5. The first-order valence-electron chi connectivity index (χ1n) is 8.17. The summed E-state index contributed by atoms with van der Waals surface area (Å²) in [6.45, 7) is 9.66. The number of ketones is 1. The second-order valence-electron chi connectivity index (χ2n) is 7.38. The van der Waals surface area contributed by atoms with E-state index in [-0.39, 0.29) is 24.1 Å². The number of carbonyl (C=O) groups excluding carboxylic acids is 3. The molecule has 132 valence electrons. The van der Waals surface area contributed by atoms with E-state index >= 15 is 0 Å². The zero-order valence-electron chi connectivity index (χ0n) is 15.0. The van der Waals surface area contributed by atoms with Gasteiger partial charge in [0.2, 0.25) is 0 Å². The monoisotopic (exact) mass is 327 g/mol. The third-order valence-corrected chi connectivity index (χ3v) is 3.98. The van der Waals surface area contributed by atoms with Gasteiger partial charge in [0, 0.05) is 13.0 Å². The van der Waals surface area contributed by atoms with Crippen molar-refractivity contribution in [1.29, 1.82) is 0 Å². The van der Waals surface area contributed by atoms with E-state index in [0.29, 0.717) is 13.0 Å². The summed E-state index contributed by atoms with van der Waals surface area (Å²) < 4.78 is 10.1. The van der Waals surface area contributed by atoms with Gasteiger partial charge in [-0.05, 0) is 39.5 Å². The molecule has 23 heavy (non-hydrogen) atoms. The van der Waals surface area contributed by atoms with Crippen LogP contribution in [0.2, 0.25) is 0 Å². The minimum atomic E-state index is -0.597. The second kappa shape index (κ2) is 7.79. The molecular weight excluding hydrogens is 298 g/mol. The van der Waals surface area contributed by atoms with E-state index in [9.17, 15) is 14.4 Å². The molecule has 1 rings (SSSR count). The van der Waals surface area contributed by atoms with Crippen LogP contribution < -0.4 is 0 Å². The maximum Gasteiger partial charge on any atom is 0.410 e. The number of methoxy groups -OCH3 is 1. The van der Waals surface area contributed by atoms with Gasteiger partial charge >= 0.3 is 12.1 Å². The fraction of sp³-hybridized carbons (Fsp3) is 0.824. The zero-order chi connectivity index (χ0) is 17.8. The predicted octanol–water partition coefficient (Wildman–Crippen LogP) is 2.79. The number of esters is 1. The van der Waals surface area contributed by atoms with E-state index in [1.54, 1.807) is 20.8 Å². The molecule has 1 amide bonds. The van der Waals surface area contributed by atoms with Crippen molar-refractivity contribution in [3.63, 3.8) is 0 Å². The number of amides is 1. The van der Waals surface area contributed by atoms with Crippen LogP contribution in [0, 0.1) is 11.8 Å². The third-order valence-electron chi connectivity index (χ3n) is 3.98. The standard InChI is InChI=1S/C17H29NO5/c1-11(2)12(15(20)22-6)10-14(19)13-8-7-9-18(13)16(21)23-17(3,4)5/h11-13H,7-10H2,1-6H3/t12-,13+/m1/s1. The Morgan fingerprint density at radius 3 is 2.30 bits per heavy atom. The Morgan fingerprint density at radius 2 is 1.83 bits per heavy atom. The molecule has 0 aromatic heterocycles. The summed E-state index contributed by atoms with van der Waals surface area (Å²) in [5.74, 6) is -0.955. The van der Waals surface area contributed by atoms with Gasteiger partial charge in [-0.2, -0.15) is 0 Å². The molecule has 0 saturated carbocycles. The highest BCUT2D eigenvalue weighted by Gasteiger charge is 2.38. The van der Waals surface area contributed by atoms with Crippen molar-refractivity contribution in [3.8, 4) is 0 Å². The SMILES string of the molecule is COC(=O)[C@H](CC(=O)[C@@H]1CCCN1C(=O)OC(C)(C)C)C(C)C. The highest BCUT2D eigenvalue weighted by molar-refractivity contribution is 5.91. The number of ether oxygens (including phenoxy) is 2. The molecule has 6 heteroatoms. The molecule has 0 unspecified atom stereocenters. The molecule has 1 fully saturated rings. The van der Waals surface area contributed by atoms with Gasteiger partial charge in [0.15, 0.2) is 5.78 Å². The number of nitrogens with zero attached hydrogens (tertiary/aromatic N) is 1. The van der Waals surface area contributed by atoms with E-state index < -0.39 is 23.7 Å². The van der Waals surface area contributed by atoms with Crippen LogP contribution >= 0.6 is 0 Å². The van der Waals surface area contributed by atoms with Gasteiger partial charge in [-0.1, -0.05) is 13.8 Å². The zero-order valence-corrected chi connectivity index (χ0v) is 15.0. The Bertz CT molecular complexity index is 452. The van der Waals surface area contributed by atoms with Crippen molar-refractivity contribution in [2.75, 3.05) is 13.7 Å². The molecule has 1 aliphatic rings. The normalized spacial score (nSPS) is 19.6. The number of likely N-dealkylation sites (tertiary alicyclic amines) is 1. The third kappa shape index (κ3) is 5.52. The van der Waals surface area contributed by atoms with Gasteiger partial charge in [-0.25, -0.2) is 4.79 Å². The van der Waals surface area contributed by atoms with Crippen molar-refractivity contribution in [2.24, 2.45) is 11.8 Å². The molecule has 1 aliphatic heterocycles. The number of hydrogen-bond donors (Lipinski definition) is 0. The van der Waals surface area contributed by atoms with E-state index in [2.05, 4.69) is 0 Å². The molecule has 1 saturated heterocycles. The Labute approximate surface area is 138 Å². The lowest BCUT2D eigenvalue weighted by Gasteiger charge is -2.28. The maximum absolute atomic E-state index is 12.6. The van der Waals surface area contributed by atoms with Crippen molar-refractivity contribution >= 4 is 17.8 Å². The Kier molecular flexibility index (Phi) is 6.59. The average Bonchev–Trinajstić information content (AvgIpc) is 2.91. The average molecular weight is 327 g/mol. The van der Waals surface area contributed by atoms with Crippen molar-refractivity contribution in [1.82, 2.24) is 4.90 Å². The largest absolute Gasteiger partial charge is 0.469 e. The summed E-state index contributed by atoms with van der Waals surface area (Å²) in [5, 5.41) is 0. The Hall–Kier alpha value is -1.59. The van der Waals surface area contributed by atoms with Gasteiger partial charge in [-0.15, -0.1) is 0 Å². The van der Waals surface area contributed by atoms with Crippen LogP contribution in [0.3, 0.4) is 0 Å². The Morgan fingerprint density at radius 1 is 1.22 bits per heavy atom. The lowest BCUT2D eigenvalue weighted by Crippen LogP contribution is -2.44. The first-order valence-corrected chi connectivity index (χ1v) is 8.17. The van der Waals surface area contributed by atoms with E-state index in [1.165, 1.54) is 12.0 Å². The van der Waals surface area contributed by atoms with Gasteiger partial charge in [0.25, 0.3) is 0 Å². The second-order valence-corrected chi connectivity index (χ2v) is 7.38. The molecule has 0 aromatic rings. The first kappa shape index (κ1) is 19.5. The molecule has 1 heterocycles. The van der Waals surface area contributed by atoms with Crippen molar-refractivity contribution in [3.05, 3.63) is 0 Å². The fourth-order valence-electron chi connectivity index (χ4n) is 2.74. The summed E-state index contributed by atoms with van der Waals surface area (Å²) in [6, 6.07) is -0.504. The lowest BCUT2D eigenvalue weighted by molar-refractivity contribution is -0.149. The highest BCUT2D eigenvalue weighted by Crippen LogP contribution is 2.25. The van der Waals surface area contributed by atoms with Crippen LogP contribution in [0.1, 0.15) is 53.9 Å². The van der Waals surface area contributed by atoms with Crippen LogP contribution in [0.25, 0.3) is 0 Å². The highest BCUT2D eigenvalue weighted by atomic mass is 16.6. The number of rotatable bonds is 5. The van der Waals surface area contributed by atoms with Gasteiger partial charge in [0.1, 0.15) is 5.60 Å². The molecule has 0 aromatic carbocycles. The summed E-state index contributed by atoms with van der Waals surface area (Å²) in [6.07, 6.45) is 1.01. The molecular formula is C17H29NO5. The summed E-state index contributed by atoms with van der Waals surface area (Å²) >= 11 is 0. The van der Waals surface area contributed by atoms with Crippen LogP contribution in [-0.2, 0) is 19.1 Å². The van der Waals surface area contributed by atoms with Crippen LogP contribution in [0.4, 0.5) is 4.79 Å². The van der Waals surface area contributed by atoms with E-state index in [1.807, 2.05) is 13.8 Å². The lowest BCUT2D eigenvalue weighted by atomic mass is 9.88. The summed E-state index contributed by atoms with van der Waals surface area (Å²) in [7, 11) is 1.32. The van der Waals surface area contributed by atoms with Crippen molar-refractivity contribution in [2.45, 2.75) is 65.5 Å². The smallest absolute Gasteiger partial charge is 0.410 e. The van der Waals surface area contributed by atoms with Crippen LogP contribution in [0.15, 0.2) is 0 Å². The van der Waals surface area contributed by atoms with Gasteiger partial charge < -0.3 is 9.47 Å². The molecule has 0 N–H and O–H groups in total. The van der Waals surface area contributed by atoms with Gasteiger partial charge in [-0.3, -0.25) is 14.5 Å². The minimum absolute atomic E-state index is 0.00257. The van der Waals surface area contributed by atoms with E-state index in [0.717, 1.165) is 6.42 Å². The molecule has 0 bridgehead atoms. The van der Waals surface area contributed by atoms with Crippen LogP contribution in [0.5, 0.6) is 0 Å². The number of Topliss-reactive ketones (excluding diaryl/α,β-unsaturated/α-hetero) is 1. The summed E-state index contributed by atoms with van der Waals surface area (Å²) in [4.78, 5) is 38.2. The maximum atomic E-state index is 12.6. The fourth-order valence-corrected chi connectivity index (χ4v) is 2.74. The Balaban J connectivity index is 2.77. The molecule has 6 nitrogen and oxygen atoms in total. The van der Waals surface area contributed by atoms with E-state index in [4.69, 9.17) is 9.47 Å². The van der Waals surface area contributed by atoms with Crippen LogP contribution in [-0.4, -0.2) is 48.0 Å². The predicted molar refractivity (Wildman–Crippen MR) is 85.9 cm³/mol. The number of carbonyl (C=O) groups is 3. The molecule has 0 spiro atoms. The first-order chi connectivity index (χ1) is 10.6. The van der Waals surface area contributed by atoms with Gasteiger partial charge in [0.05, 0.1) is 19.1 Å². The quantitative estimate of drug-likeness (QED) is 0.726. The molecule has 0 radical (unpaired) electrons.